The number of nitrogens with zero attached hydrogens (tertiary/aromatic N) is 1. The number of amides is 1. The van der Waals surface area contributed by atoms with Gasteiger partial charge in [0.2, 0.25) is 5.91 Å². The van der Waals surface area contributed by atoms with E-state index < -0.39 is 0 Å². The Hall–Kier alpha value is -1.42. The maximum Gasteiger partial charge on any atom is 0.220 e. The predicted octanol–water partition coefficient (Wildman–Crippen LogP) is 0.745. The number of carbonyl (C=O) groups excluding carboxylic acids is 1. The molecule has 3 N–H and O–H groups in total. The van der Waals surface area contributed by atoms with Crippen LogP contribution in [0.2, 0.25) is 0 Å². The molecule has 0 fully saturated rings. The SMILES string of the molecule is Cc1cnccc1CNC(=O)CCCN. The molecule has 0 spiro atoms. The van der Waals surface area contributed by atoms with E-state index in [0.717, 1.165) is 17.5 Å². The monoisotopic (exact) mass is 207 g/mol. The summed E-state index contributed by atoms with van der Waals surface area (Å²) in [5, 5.41) is 2.85. The zero-order chi connectivity index (χ0) is 11.1. The van der Waals surface area contributed by atoms with E-state index in [9.17, 15) is 4.79 Å². The van der Waals surface area contributed by atoms with Gasteiger partial charge in [-0.15, -0.1) is 0 Å². The van der Waals surface area contributed by atoms with Crippen LogP contribution in [0.25, 0.3) is 0 Å². The van der Waals surface area contributed by atoms with Gasteiger partial charge in [-0.3, -0.25) is 9.78 Å². The van der Waals surface area contributed by atoms with Crippen LogP contribution in [0.5, 0.6) is 0 Å². The summed E-state index contributed by atoms with van der Waals surface area (Å²) in [6.45, 7) is 3.10. The Bertz CT molecular complexity index is 325. The summed E-state index contributed by atoms with van der Waals surface area (Å²) in [4.78, 5) is 15.3. The van der Waals surface area contributed by atoms with E-state index in [1.807, 2.05) is 13.0 Å². The van der Waals surface area contributed by atoms with Gasteiger partial charge in [-0.25, -0.2) is 0 Å². The molecule has 0 atom stereocenters. The Balaban J connectivity index is 2.37. The number of nitrogens with two attached hydrogens (primary N) is 1. The minimum Gasteiger partial charge on any atom is -0.352 e. The second-order valence-corrected chi connectivity index (χ2v) is 3.47. The van der Waals surface area contributed by atoms with Crippen LogP contribution < -0.4 is 11.1 Å². The molecule has 0 saturated carbocycles. The van der Waals surface area contributed by atoms with E-state index in [0.29, 0.717) is 19.5 Å². The molecule has 1 heterocycles. The van der Waals surface area contributed by atoms with Crippen molar-refractivity contribution >= 4 is 5.91 Å². The zero-order valence-corrected chi connectivity index (χ0v) is 8.99. The first-order valence-corrected chi connectivity index (χ1v) is 5.10. The van der Waals surface area contributed by atoms with Crippen molar-refractivity contribution in [2.45, 2.75) is 26.3 Å². The smallest absolute Gasteiger partial charge is 0.220 e. The summed E-state index contributed by atoms with van der Waals surface area (Å²) in [5.41, 5.74) is 7.52. The van der Waals surface area contributed by atoms with Crippen LogP contribution in [0.15, 0.2) is 18.5 Å². The molecule has 82 valence electrons. The number of hydrogen-bond acceptors (Lipinski definition) is 3. The van der Waals surface area contributed by atoms with Crippen LogP contribution in [0.3, 0.4) is 0 Å². The Kier molecular flexibility index (Phi) is 4.77. The minimum atomic E-state index is 0.0525. The van der Waals surface area contributed by atoms with Crippen molar-refractivity contribution in [1.29, 1.82) is 0 Å². The van der Waals surface area contributed by atoms with E-state index >= 15 is 0 Å². The highest BCUT2D eigenvalue weighted by molar-refractivity contribution is 5.75. The second kappa shape index (κ2) is 6.14. The molecule has 0 aromatic carbocycles. The van der Waals surface area contributed by atoms with Gasteiger partial charge in [0.05, 0.1) is 0 Å². The average Bonchev–Trinajstić information content (AvgIpc) is 2.25. The van der Waals surface area contributed by atoms with Gasteiger partial charge >= 0.3 is 0 Å². The third kappa shape index (κ3) is 4.08. The molecule has 0 bridgehead atoms. The Labute approximate surface area is 89.9 Å². The first kappa shape index (κ1) is 11.7. The Morgan fingerprint density at radius 3 is 3.07 bits per heavy atom. The first-order valence-electron chi connectivity index (χ1n) is 5.10. The highest BCUT2D eigenvalue weighted by atomic mass is 16.1. The average molecular weight is 207 g/mol. The van der Waals surface area contributed by atoms with Gasteiger partial charge in [-0.2, -0.15) is 0 Å². The van der Waals surface area contributed by atoms with Crippen molar-refractivity contribution < 1.29 is 4.79 Å². The fraction of sp³-hybridized carbons (Fsp3) is 0.455. The van der Waals surface area contributed by atoms with Crippen molar-refractivity contribution in [1.82, 2.24) is 10.3 Å². The summed E-state index contributed by atoms with van der Waals surface area (Å²) in [6, 6.07) is 1.92. The zero-order valence-electron chi connectivity index (χ0n) is 8.99. The van der Waals surface area contributed by atoms with E-state index in [1.54, 1.807) is 12.4 Å². The summed E-state index contributed by atoms with van der Waals surface area (Å²) in [7, 11) is 0. The van der Waals surface area contributed by atoms with Gasteiger partial charge in [-0.1, -0.05) is 0 Å². The summed E-state index contributed by atoms with van der Waals surface area (Å²) in [6.07, 6.45) is 4.76. The van der Waals surface area contributed by atoms with Gasteiger partial charge in [0, 0.05) is 25.4 Å². The van der Waals surface area contributed by atoms with Crippen LogP contribution in [-0.2, 0) is 11.3 Å². The third-order valence-electron chi connectivity index (χ3n) is 2.22. The Morgan fingerprint density at radius 2 is 2.40 bits per heavy atom. The molecule has 1 amide bonds. The number of hydrogen-bond donors (Lipinski definition) is 2. The molecule has 0 aliphatic heterocycles. The topological polar surface area (TPSA) is 68.0 Å². The Morgan fingerprint density at radius 1 is 1.60 bits per heavy atom. The maximum absolute atomic E-state index is 11.3. The normalized spacial score (nSPS) is 10.0. The maximum atomic E-state index is 11.3. The molecular weight excluding hydrogens is 190 g/mol. The largest absolute Gasteiger partial charge is 0.352 e. The fourth-order valence-electron chi connectivity index (χ4n) is 1.25. The van der Waals surface area contributed by atoms with Gasteiger partial charge < -0.3 is 11.1 Å². The van der Waals surface area contributed by atoms with Crippen LogP contribution in [0, 0.1) is 6.92 Å². The molecule has 4 nitrogen and oxygen atoms in total. The lowest BCUT2D eigenvalue weighted by atomic mass is 10.1. The highest BCUT2D eigenvalue weighted by Gasteiger charge is 2.01. The second-order valence-electron chi connectivity index (χ2n) is 3.47. The molecule has 1 rings (SSSR count). The number of carbonyl (C=O) groups is 1. The number of pyridine rings is 1. The number of aromatic nitrogens is 1. The molecule has 4 heteroatoms. The van der Waals surface area contributed by atoms with Crippen molar-refractivity contribution in [2.75, 3.05) is 6.54 Å². The molecule has 1 aromatic heterocycles. The van der Waals surface area contributed by atoms with E-state index in [1.165, 1.54) is 0 Å². The molecule has 0 aliphatic rings. The number of rotatable bonds is 5. The number of aryl methyl sites for hydroxylation is 1. The van der Waals surface area contributed by atoms with E-state index in [2.05, 4.69) is 10.3 Å². The lowest BCUT2D eigenvalue weighted by Crippen LogP contribution is -2.23. The fourth-order valence-corrected chi connectivity index (χ4v) is 1.25. The predicted molar refractivity (Wildman–Crippen MR) is 59.1 cm³/mol. The third-order valence-corrected chi connectivity index (χ3v) is 2.22. The molecular formula is C11H17N3O. The first-order chi connectivity index (χ1) is 7.24. The van der Waals surface area contributed by atoms with Crippen LogP contribution in [0.4, 0.5) is 0 Å². The van der Waals surface area contributed by atoms with Crippen molar-refractivity contribution in [3.8, 4) is 0 Å². The van der Waals surface area contributed by atoms with Crippen molar-refractivity contribution in [2.24, 2.45) is 5.73 Å². The van der Waals surface area contributed by atoms with Crippen LogP contribution in [-0.4, -0.2) is 17.4 Å². The van der Waals surface area contributed by atoms with Crippen molar-refractivity contribution in [3.63, 3.8) is 0 Å². The highest BCUT2D eigenvalue weighted by Crippen LogP contribution is 2.04. The van der Waals surface area contributed by atoms with E-state index in [4.69, 9.17) is 5.73 Å². The van der Waals surface area contributed by atoms with Gasteiger partial charge in [0.25, 0.3) is 0 Å². The molecule has 0 unspecified atom stereocenters. The molecule has 0 aliphatic carbocycles. The van der Waals surface area contributed by atoms with Gasteiger partial charge in [0.15, 0.2) is 0 Å². The lowest BCUT2D eigenvalue weighted by Gasteiger charge is -2.06. The van der Waals surface area contributed by atoms with Crippen molar-refractivity contribution in [3.05, 3.63) is 29.6 Å². The van der Waals surface area contributed by atoms with Crippen LogP contribution in [0.1, 0.15) is 24.0 Å². The summed E-state index contributed by atoms with van der Waals surface area (Å²) < 4.78 is 0. The lowest BCUT2D eigenvalue weighted by molar-refractivity contribution is -0.121. The quantitative estimate of drug-likeness (QED) is 0.748. The molecule has 1 aromatic rings. The number of nitrogens with one attached hydrogen (secondary N) is 1. The summed E-state index contributed by atoms with van der Waals surface area (Å²) >= 11 is 0. The summed E-state index contributed by atoms with van der Waals surface area (Å²) in [5.74, 6) is 0.0525. The standard InChI is InChI=1S/C11H17N3O/c1-9-7-13-6-4-10(9)8-14-11(15)3-2-5-12/h4,6-7H,2-3,5,8,12H2,1H3,(H,14,15). The molecule has 0 saturated heterocycles. The van der Waals surface area contributed by atoms with Crippen LogP contribution >= 0.6 is 0 Å². The minimum absolute atomic E-state index is 0.0525. The molecule has 15 heavy (non-hydrogen) atoms. The van der Waals surface area contributed by atoms with Gasteiger partial charge in [-0.05, 0) is 37.1 Å². The van der Waals surface area contributed by atoms with Gasteiger partial charge in [0.1, 0.15) is 0 Å². The molecule has 0 radical (unpaired) electrons. The van der Waals surface area contributed by atoms with E-state index in [-0.39, 0.29) is 5.91 Å².